The van der Waals surface area contributed by atoms with E-state index >= 15 is 0 Å². The van der Waals surface area contributed by atoms with Gasteiger partial charge in [-0.2, -0.15) is 16.6 Å². The zero-order valence-corrected chi connectivity index (χ0v) is 12.4. The third kappa shape index (κ3) is 3.14. The van der Waals surface area contributed by atoms with Crippen LogP contribution in [0, 0.1) is 11.3 Å². The molecule has 2 aromatic rings. The first-order chi connectivity index (χ1) is 10.3. The topological polar surface area (TPSA) is 44.1 Å². The predicted molar refractivity (Wildman–Crippen MR) is 82.7 cm³/mol. The Morgan fingerprint density at radius 1 is 1.33 bits per heavy atom. The normalized spacial score (nSPS) is 15.2. The van der Waals surface area contributed by atoms with Crippen LogP contribution in [0.15, 0.2) is 47.2 Å². The molecule has 3 nitrogen and oxygen atoms in total. The zero-order valence-electron chi connectivity index (χ0n) is 11.6. The Kier molecular flexibility index (Phi) is 4.03. The molecular formula is C17H16N2OS. The van der Waals surface area contributed by atoms with Gasteiger partial charge < -0.3 is 4.90 Å². The van der Waals surface area contributed by atoms with Gasteiger partial charge in [0.2, 0.25) is 5.91 Å². The van der Waals surface area contributed by atoms with Crippen molar-refractivity contribution in [3.63, 3.8) is 0 Å². The molecule has 0 bridgehead atoms. The number of amides is 1. The highest BCUT2D eigenvalue weighted by Crippen LogP contribution is 2.32. The van der Waals surface area contributed by atoms with Crippen LogP contribution in [0.2, 0.25) is 0 Å². The number of carbonyl (C=O) groups excluding carboxylic acids is 1. The number of nitrogens with zero attached hydrogens (tertiary/aromatic N) is 2. The Balaban J connectivity index is 1.81. The molecule has 1 aromatic heterocycles. The molecule has 21 heavy (non-hydrogen) atoms. The predicted octanol–water partition coefficient (Wildman–Crippen LogP) is 3.55. The van der Waals surface area contributed by atoms with Gasteiger partial charge in [0.25, 0.3) is 0 Å². The number of nitriles is 1. The molecule has 1 aliphatic carbocycles. The maximum atomic E-state index is 12.8. The van der Waals surface area contributed by atoms with E-state index in [1.54, 1.807) is 11.3 Å². The van der Waals surface area contributed by atoms with Crippen molar-refractivity contribution >= 4 is 17.2 Å². The van der Waals surface area contributed by atoms with Crippen molar-refractivity contribution in [3.05, 3.63) is 58.3 Å². The minimum absolute atomic E-state index is 0.0719. The molecule has 0 spiro atoms. The second kappa shape index (κ2) is 6.11. The highest BCUT2D eigenvalue weighted by molar-refractivity contribution is 7.07. The minimum atomic E-state index is -0.703. The Bertz CT molecular complexity index is 641. The van der Waals surface area contributed by atoms with E-state index in [2.05, 4.69) is 11.4 Å². The van der Waals surface area contributed by atoms with Crippen LogP contribution in [0.25, 0.3) is 0 Å². The van der Waals surface area contributed by atoms with Crippen molar-refractivity contribution in [2.45, 2.75) is 31.3 Å². The van der Waals surface area contributed by atoms with Crippen LogP contribution in [0.3, 0.4) is 0 Å². The zero-order chi connectivity index (χ0) is 14.7. The number of carbonyl (C=O) groups is 1. The first-order valence-electron chi connectivity index (χ1n) is 7.05. The number of hydrogen-bond acceptors (Lipinski definition) is 3. The molecule has 1 heterocycles. The van der Waals surface area contributed by atoms with Crippen LogP contribution >= 0.6 is 11.3 Å². The molecule has 106 valence electrons. The van der Waals surface area contributed by atoms with E-state index in [1.807, 2.05) is 46.7 Å². The number of thiophene rings is 1. The van der Waals surface area contributed by atoms with E-state index in [0.717, 1.165) is 24.0 Å². The second-order valence-electron chi connectivity index (χ2n) is 5.30. The van der Waals surface area contributed by atoms with Gasteiger partial charge in [0, 0.05) is 12.6 Å². The Hall–Kier alpha value is -2.12. The molecule has 1 amide bonds. The summed E-state index contributed by atoms with van der Waals surface area (Å²) < 4.78 is 0. The summed E-state index contributed by atoms with van der Waals surface area (Å²) in [7, 11) is 0. The molecule has 0 aliphatic heterocycles. The van der Waals surface area contributed by atoms with Gasteiger partial charge in [-0.05, 0) is 40.8 Å². The van der Waals surface area contributed by atoms with Crippen molar-refractivity contribution in [2.24, 2.45) is 0 Å². The van der Waals surface area contributed by atoms with E-state index < -0.39 is 5.92 Å². The fourth-order valence-electron chi connectivity index (χ4n) is 2.44. The highest BCUT2D eigenvalue weighted by atomic mass is 32.1. The van der Waals surface area contributed by atoms with Crippen molar-refractivity contribution in [1.82, 2.24) is 4.90 Å². The number of rotatable bonds is 5. The van der Waals surface area contributed by atoms with Crippen molar-refractivity contribution in [2.75, 3.05) is 0 Å². The SMILES string of the molecule is N#CC(C(=O)N(Cc1ccsc1)C1CC1)c1ccccc1. The average Bonchev–Trinajstić information content (AvgIpc) is 3.23. The fraction of sp³-hybridized carbons (Fsp3) is 0.294. The molecule has 1 aromatic carbocycles. The summed E-state index contributed by atoms with van der Waals surface area (Å²) in [6.45, 7) is 0.609. The quantitative estimate of drug-likeness (QED) is 0.847. The lowest BCUT2D eigenvalue weighted by molar-refractivity contribution is -0.132. The third-order valence-electron chi connectivity index (χ3n) is 3.71. The molecule has 4 heteroatoms. The third-order valence-corrected chi connectivity index (χ3v) is 4.44. The molecule has 1 atom stereocenters. The van der Waals surface area contributed by atoms with Crippen molar-refractivity contribution < 1.29 is 4.79 Å². The second-order valence-corrected chi connectivity index (χ2v) is 6.08. The maximum absolute atomic E-state index is 12.8. The summed E-state index contributed by atoms with van der Waals surface area (Å²) in [4.78, 5) is 14.7. The standard InChI is InChI=1S/C17H16N2OS/c18-10-16(14-4-2-1-3-5-14)17(20)19(15-6-7-15)11-13-8-9-21-12-13/h1-5,8-9,12,15-16H,6-7,11H2. The lowest BCUT2D eigenvalue weighted by atomic mass is 9.99. The Labute approximate surface area is 128 Å². The van der Waals surface area contributed by atoms with Crippen LogP contribution in [0.5, 0.6) is 0 Å². The monoisotopic (exact) mass is 296 g/mol. The van der Waals surface area contributed by atoms with Crippen LogP contribution in [-0.2, 0) is 11.3 Å². The molecular weight excluding hydrogens is 280 g/mol. The van der Waals surface area contributed by atoms with Crippen LogP contribution in [0.1, 0.15) is 29.9 Å². The molecule has 1 unspecified atom stereocenters. The van der Waals surface area contributed by atoms with Crippen molar-refractivity contribution in [3.8, 4) is 6.07 Å². The molecule has 1 aliphatic rings. The first kappa shape index (κ1) is 13.8. The van der Waals surface area contributed by atoms with Gasteiger partial charge in [0.15, 0.2) is 0 Å². The molecule has 1 saturated carbocycles. The van der Waals surface area contributed by atoms with E-state index in [1.165, 1.54) is 0 Å². The maximum Gasteiger partial charge on any atom is 0.245 e. The van der Waals surface area contributed by atoms with E-state index in [4.69, 9.17) is 0 Å². The molecule has 3 rings (SSSR count). The summed E-state index contributed by atoms with van der Waals surface area (Å²) in [5.74, 6) is -0.775. The van der Waals surface area contributed by atoms with Crippen LogP contribution in [0.4, 0.5) is 0 Å². The minimum Gasteiger partial charge on any atom is -0.334 e. The largest absolute Gasteiger partial charge is 0.334 e. The lowest BCUT2D eigenvalue weighted by Gasteiger charge is -2.24. The number of benzene rings is 1. The molecule has 0 radical (unpaired) electrons. The molecule has 0 saturated heterocycles. The van der Waals surface area contributed by atoms with Gasteiger partial charge in [-0.1, -0.05) is 30.3 Å². The van der Waals surface area contributed by atoms with E-state index in [9.17, 15) is 10.1 Å². The highest BCUT2D eigenvalue weighted by Gasteiger charge is 2.36. The van der Waals surface area contributed by atoms with Gasteiger partial charge in [-0.25, -0.2) is 0 Å². The van der Waals surface area contributed by atoms with Gasteiger partial charge in [0.1, 0.15) is 5.92 Å². The summed E-state index contributed by atoms with van der Waals surface area (Å²) >= 11 is 1.63. The fourth-order valence-corrected chi connectivity index (χ4v) is 3.10. The van der Waals surface area contributed by atoms with E-state index in [0.29, 0.717) is 12.6 Å². The van der Waals surface area contributed by atoms with Crippen LogP contribution < -0.4 is 0 Å². The average molecular weight is 296 g/mol. The Morgan fingerprint density at radius 3 is 2.67 bits per heavy atom. The van der Waals surface area contributed by atoms with Gasteiger partial charge in [0.05, 0.1) is 6.07 Å². The smallest absolute Gasteiger partial charge is 0.245 e. The first-order valence-corrected chi connectivity index (χ1v) is 8.00. The van der Waals surface area contributed by atoms with Gasteiger partial charge in [-0.15, -0.1) is 0 Å². The summed E-state index contributed by atoms with van der Waals surface area (Å²) in [5.41, 5.74) is 1.92. The van der Waals surface area contributed by atoms with Crippen LogP contribution in [-0.4, -0.2) is 16.8 Å². The van der Waals surface area contributed by atoms with Gasteiger partial charge in [-0.3, -0.25) is 4.79 Å². The van der Waals surface area contributed by atoms with Gasteiger partial charge >= 0.3 is 0 Å². The molecule has 0 N–H and O–H groups in total. The van der Waals surface area contributed by atoms with Crippen molar-refractivity contribution in [1.29, 1.82) is 5.26 Å². The summed E-state index contributed by atoms with van der Waals surface area (Å²) in [6.07, 6.45) is 2.09. The summed E-state index contributed by atoms with van der Waals surface area (Å²) in [6, 6.07) is 13.8. The molecule has 1 fully saturated rings. The Morgan fingerprint density at radius 2 is 2.10 bits per heavy atom. The summed E-state index contributed by atoms with van der Waals surface area (Å²) in [5, 5.41) is 13.5. The lowest BCUT2D eigenvalue weighted by Crippen LogP contribution is -2.36. The van der Waals surface area contributed by atoms with E-state index in [-0.39, 0.29) is 5.91 Å². The number of hydrogen-bond donors (Lipinski definition) is 0.